The maximum atomic E-state index is 13.2. The third-order valence-corrected chi connectivity index (χ3v) is 5.96. The molecular weight excluding hydrogens is 401 g/mol. The van der Waals surface area contributed by atoms with E-state index in [1.54, 1.807) is 27.7 Å². The number of rotatable bonds is 3. The number of fused-ring (bicyclic) bond motifs is 4. The molecule has 31 heavy (non-hydrogen) atoms. The van der Waals surface area contributed by atoms with Gasteiger partial charge in [-0.3, -0.25) is 14.4 Å². The van der Waals surface area contributed by atoms with Crippen molar-refractivity contribution >= 4 is 17.5 Å². The first-order valence-corrected chi connectivity index (χ1v) is 10.1. The summed E-state index contributed by atoms with van der Waals surface area (Å²) in [6, 6.07) is 11.8. The fraction of sp³-hybridized carbons (Fsp3) is 0.261. The van der Waals surface area contributed by atoms with Gasteiger partial charge in [0.2, 0.25) is 0 Å². The van der Waals surface area contributed by atoms with Gasteiger partial charge in [-0.2, -0.15) is 0 Å². The summed E-state index contributed by atoms with van der Waals surface area (Å²) in [4.78, 5) is 39.8. The first kappa shape index (κ1) is 19.3. The molecule has 1 saturated heterocycles. The number of furan rings is 1. The van der Waals surface area contributed by atoms with E-state index in [1.165, 1.54) is 36.6 Å². The highest BCUT2D eigenvalue weighted by molar-refractivity contribution is 6.02. The van der Waals surface area contributed by atoms with Crippen molar-refractivity contribution in [3.05, 3.63) is 88.0 Å². The van der Waals surface area contributed by atoms with Gasteiger partial charge in [0.1, 0.15) is 5.82 Å². The fourth-order valence-electron chi connectivity index (χ4n) is 4.65. The number of aromatic nitrogens is 1. The van der Waals surface area contributed by atoms with Crippen molar-refractivity contribution in [2.24, 2.45) is 5.92 Å². The maximum absolute atomic E-state index is 13.2. The van der Waals surface area contributed by atoms with Crippen molar-refractivity contribution in [2.45, 2.75) is 18.9 Å². The number of hydrogen-bond acceptors (Lipinski definition) is 4. The van der Waals surface area contributed by atoms with Crippen LogP contribution in [0, 0.1) is 11.7 Å². The summed E-state index contributed by atoms with van der Waals surface area (Å²) in [6.07, 6.45) is 2.24. The van der Waals surface area contributed by atoms with Crippen molar-refractivity contribution in [1.82, 2.24) is 9.47 Å². The number of amides is 2. The van der Waals surface area contributed by atoms with E-state index in [0.717, 1.165) is 12.1 Å². The van der Waals surface area contributed by atoms with Gasteiger partial charge < -0.3 is 19.2 Å². The molecule has 2 aliphatic rings. The fourth-order valence-corrected chi connectivity index (χ4v) is 4.65. The van der Waals surface area contributed by atoms with Crippen molar-refractivity contribution < 1.29 is 18.4 Å². The number of carbonyl (C=O) groups excluding carboxylic acids is 2. The third kappa shape index (κ3) is 3.54. The summed E-state index contributed by atoms with van der Waals surface area (Å²) in [6.45, 7) is 1.42. The minimum absolute atomic E-state index is 0.0994. The van der Waals surface area contributed by atoms with Crippen LogP contribution in [0.3, 0.4) is 0 Å². The molecule has 0 aliphatic carbocycles. The summed E-state index contributed by atoms with van der Waals surface area (Å²) in [5.41, 5.74) is 1.57. The standard InChI is InChI=1S/C23H20FN3O4/c24-17-5-3-15(4-6-17)23(30)26-11-14-10-16(13-26)21-18(7-8-20(28)27(21)12-14)25-22(29)19-2-1-9-31-19/h1-9,14,16H,10-13H2,(H,25,29). The molecule has 158 valence electrons. The van der Waals surface area contributed by atoms with Crippen LogP contribution in [0.5, 0.6) is 0 Å². The van der Waals surface area contributed by atoms with Crippen molar-refractivity contribution in [1.29, 1.82) is 0 Å². The van der Waals surface area contributed by atoms with Crippen LogP contribution < -0.4 is 10.9 Å². The Hall–Kier alpha value is -3.68. The molecule has 3 aromatic rings. The number of anilines is 1. The highest BCUT2D eigenvalue weighted by Gasteiger charge is 2.38. The van der Waals surface area contributed by atoms with Gasteiger partial charge in [0.25, 0.3) is 17.4 Å². The smallest absolute Gasteiger partial charge is 0.291 e. The number of halogens is 1. The van der Waals surface area contributed by atoms with Crippen LogP contribution in [-0.2, 0) is 6.54 Å². The van der Waals surface area contributed by atoms with E-state index >= 15 is 0 Å². The van der Waals surface area contributed by atoms with Gasteiger partial charge in [-0.25, -0.2) is 4.39 Å². The zero-order valence-electron chi connectivity index (χ0n) is 16.6. The van der Waals surface area contributed by atoms with E-state index in [0.29, 0.717) is 30.9 Å². The monoisotopic (exact) mass is 421 g/mol. The Morgan fingerprint density at radius 1 is 1.03 bits per heavy atom. The molecule has 0 spiro atoms. The van der Waals surface area contributed by atoms with Gasteiger partial charge in [0, 0.05) is 42.9 Å². The first-order chi connectivity index (χ1) is 15.0. The minimum Gasteiger partial charge on any atom is -0.459 e. The van der Waals surface area contributed by atoms with Gasteiger partial charge >= 0.3 is 0 Å². The summed E-state index contributed by atoms with van der Waals surface area (Å²) in [5, 5.41) is 2.85. The molecule has 2 aromatic heterocycles. The molecule has 1 fully saturated rings. The molecule has 4 heterocycles. The second-order valence-electron chi connectivity index (χ2n) is 8.03. The van der Waals surface area contributed by atoms with Crippen LogP contribution >= 0.6 is 0 Å². The zero-order valence-corrected chi connectivity index (χ0v) is 16.6. The molecular formula is C23H20FN3O4. The van der Waals surface area contributed by atoms with Crippen LogP contribution in [0.25, 0.3) is 0 Å². The van der Waals surface area contributed by atoms with E-state index in [-0.39, 0.29) is 29.1 Å². The Labute approximate surface area is 177 Å². The first-order valence-electron chi connectivity index (χ1n) is 10.1. The summed E-state index contributed by atoms with van der Waals surface area (Å²) in [7, 11) is 0. The number of likely N-dealkylation sites (tertiary alicyclic amines) is 1. The van der Waals surface area contributed by atoms with E-state index < -0.39 is 11.7 Å². The minimum atomic E-state index is -0.399. The molecule has 2 aliphatic heterocycles. The lowest BCUT2D eigenvalue weighted by atomic mass is 9.82. The van der Waals surface area contributed by atoms with E-state index in [2.05, 4.69) is 5.32 Å². The SMILES string of the molecule is O=C(Nc1ccc(=O)n2c1C1CC(CN(C(=O)c3ccc(F)cc3)C1)C2)c1ccco1. The Kier molecular flexibility index (Phi) is 4.69. The van der Waals surface area contributed by atoms with Crippen LogP contribution in [-0.4, -0.2) is 34.4 Å². The van der Waals surface area contributed by atoms with Crippen molar-refractivity contribution in [3.63, 3.8) is 0 Å². The van der Waals surface area contributed by atoms with Gasteiger partial charge in [-0.15, -0.1) is 0 Å². The second-order valence-corrected chi connectivity index (χ2v) is 8.03. The number of piperidine rings is 1. The van der Waals surface area contributed by atoms with E-state index in [1.807, 2.05) is 0 Å². The normalized spacial score (nSPS) is 19.6. The Morgan fingerprint density at radius 3 is 2.58 bits per heavy atom. The lowest BCUT2D eigenvalue weighted by Gasteiger charge is -2.43. The Balaban J connectivity index is 1.45. The molecule has 2 unspecified atom stereocenters. The number of hydrogen-bond donors (Lipinski definition) is 1. The molecule has 7 nitrogen and oxygen atoms in total. The predicted octanol–water partition coefficient (Wildman–Crippen LogP) is 3.09. The number of benzene rings is 1. The second kappa shape index (κ2) is 7.54. The molecule has 5 rings (SSSR count). The highest BCUT2D eigenvalue weighted by Crippen LogP contribution is 2.39. The van der Waals surface area contributed by atoms with Crippen LogP contribution in [0.15, 0.2) is 64.0 Å². The number of nitrogens with zero attached hydrogens (tertiary/aromatic N) is 2. The summed E-state index contributed by atoms with van der Waals surface area (Å²) in [5.74, 6) is -0.749. The molecule has 2 atom stereocenters. The van der Waals surface area contributed by atoms with Crippen LogP contribution in [0.1, 0.15) is 38.9 Å². The largest absolute Gasteiger partial charge is 0.459 e. The van der Waals surface area contributed by atoms with Crippen LogP contribution in [0.2, 0.25) is 0 Å². The Bertz CT molecular complexity index is 1200. The van der Waals surface area contributed by atoms with Gasteiger partial charge in [-0.05, 0) is 54.8 Å². The molecule has 0 saturated carbocycles. The van der Waals surface area contributed by atoms with Gasteiger partial charge in [0.05, 0.1) is 12.0 Å². The number of pyridine rings is 1. The molecule has 1 aromatic carbocycles. The molecule has 1 N–H and O–H groups in total. The lowest BCUT2D eigenvalue weighted by molar-refractivity contribution is 0.0595. The quantitative estimate of drug-likeness (QED) is 0.704. The molecule has 0 radical (unpaired) electrons. The predicted molar refractivity (Wildman–Crippen MR) is 111 cm³/mol. The average Bonchev–Trinajstić information content (AvgIpc) is 3.31. The van der Waals surface area contributed by atoms with E-state index in [9.17, 15) is 18.8 Å². The summed E-state index contributed by atoms with van der Waals surface area (Å²) < 4.78 is 20.1. The molecule has 8 heteroatoms. The lowest BCUT2D eigenvalue weighted by Crippen LogP contribution is -2.49. The molecule has 2 amide bonds. The van der Waals surface area contributed by atoms with Gasteiger partial charge in [-0.1, -0.05) is 0 Å². The van der Waals surface area contributed by atoms with Gasteiger partial charge in [0.15, 0.2) is 5.76 Å². The van der Waals surface area contributed by atoms with Crippen LogP contribution in [0.4, 0.5) is 10.1 Å². The van der Waals surface area contributed by atoms with Crippen molar-refractivity contribution in [3.8, 4) is 0 Å². The molecule has 2 bridgehead atoms. The topological polar surface area (TPSA) is 84.5 Å². The Morgan fingerprint density at radius 2 is 1.84 bits per heavy atom. The number of nitrogens with one attached hydrogen (secondary N) is 1. The van der Waals surface area contributed by atoms with E-state index in [4.69, 9.17) is 4.42 Å². The third-order valence-electron chi connectivity index (χ3n) is 5.96. The van der Waals surface area contributed by atoms with Crippen molar-refractivity contribution in [2.75, 3.05) is 18.4 Å². The average molecular weight is 421 g/mol. The number of carbonyl (C=O) groups is 2. The summed E-state index contributed by atoms with van der Waals surface area (Å²) >= 11 is 0. The zero-order chi connectivity index (χ0) is 21.5. The maximum Gasteiger partial charge on any atom is 0.291 e. The highest BCUT2D eigenvalue weighted by atomic mass is 19.1.